The van der Waals surface area contributed by atoms with Crippen LogP contribution in [0, 0.1) is 27.7 Å². The summed E-state index contributed by atoms with van der Waals surface area (Å²) < 4.78 is 31.6. The van der Waals surface area contributed by atoms with Crippen LogP contribution >= 0.6 is 0 Å². The number of aryl methyl sites for hydroxylation is 4. The van der Waals surface area contributed by atoms with Gasteiger partial charge in [-0.1, -0.05) is 0 Å². The van der Waals surface area contributed by atoms with Gasteiger partial charge >= 0.3 is 11.9 Å². The van der Waals surface area contributed by atoms with Gasteiger partial charge in [0.15, 0.2) is 0 Å². The van der Waals surface area contributed by atoms with Crippen molar-refractivity contribution in [3.05, 3.63) is 95.1 Å². The molecule has 0 bridgehead atoms. The summed E-state index contributed by atoms with van der Waals surface area (Å²) in [6, 6.07) is 18.3. The Morgan fingerprint density at radius 2 is 0.634 bits per heavy atom. The molecule has 4 rings (SSSR count). The number of rotatable bonds is 10. The first-order chi connectivity index (χ1) is 19.2. The summed E-state index contributed by atoms with van der Waals surface area (Å²) in [6.07, 6.45) is 0. The van der Waals surface area contributed by atoms with Gasteiger partial charge in [-0.25, -0.2) is 4.74 Å². The van der Waals surface area contributed by atoms with Gasteiger partial charge in [0.05, 0.1) is 0 Å². The molecule has 4 N–H and O–H groups in total. The molecular formula is C32H34O9. The Balaban J connectivity index is 1.80. The second kappa shape index (κ2) is 11.4. The minimum Gasteiger partial charge on any atom is -0.508 e. The van der Waals surface area contributed by atoms with E-state index in [1.54, 1.807) is 52.0 Å². The van der Waals surface area contributed by atoms with Gasteiger partial charge in [-0.2, -0.15) is 0 Å². The number of hydrogen-bond donors (Lipinski definition) is 4. The van der Waals surface area contributed by atoms with Crippen LogP contribution in [0.4, 0.5) is 0 Å². The number of ether oxygens (including phenoxy) is 5. The third-order valence-electron chi connectivity index (χ3n) is 6.19. The van der Waals surface area contributed by atoms with Crippen LogP contribution < -0.4 is 18.9 Å². The number of aromatic hydroxyl groups is 4. The number of phenols is 4. The minimum absolute atomic E-state index is 0.0647. The summed E-state index contributed by atoms with van der Waals surface area (Å²) in [5.74, 6) is -2.15. The molecule has 0 aliphatic rings. The predicted octanol–water partition coefficient (Wildman–Crippen LogP) is 6.72. The standard InChI is InChI=1S/C32H34O9/c1-19-15-23(33)7-11-27(19)37-31(5,38-28-12-8-24(34)16-20(28)2)41-32(6,39-29-13-9-25(35)17-21(29)3)40-30-14-10-26(36)18-22(30)4/h7-18,33-36H,1-6H3. The van der Waals surface area contributed by atoms with Crippen molar-refractivity contribution in [2.24, 2.45) is 0 Å². The van der Waals surface area contributed by atoms with Crippen molar-refractivity contribution < 1.29 is 44.1 Å². The molecule has 0 aliphatic carbocycles. The SMILES string of the molecule is Cc1cc(O)ccc1OC(C)(Oc1ccc(O)cc1C)OC(C)(Oc1ccc(O)cc1C)Oc1ccc(O)cc1C. The zero-order valence-electron chi connectivity index (χ0n) is 23.8. The zero-order valence-corrected chi connectivity index (χ0v) is 23.8. The van der Waals surface area contributed by atoms with Gasteiger partial charge < -0.3 is 39.4 Å². The summed E-state index contributed by atoms with van der Waals surface area (Å²) in [5, 5.41) is 39.7. The summed E-state index contributed by atoms with van der Waals surface area (Å²) in [6.45, 7) is 10.1. The molecule has 0 aliphatic heterocycles. The second-order valence-corrected chi connectivity index (χ2v) is 10.0. The summed E-state index contributed by atoms with van der Waals surface area (Å²) in [5.41, 5.74) is 2.44. The lowest BCUT2D eigenvalue weighted by atomic mass is 10.2. The lowest BCUT2D eigenvalue weighted by molar-refractivity contribution is -0.420. The van der Waals surface area contributed by atoms with E-state index in [2.05, 4.69) is 0 Å². The van der Waals surface area contributed by atoms with E-state index in [1.807, 2.05) is 0 Å². The maximum atomic E-state index is 9.92. The smallest absolute Gasteiger partial charge is 0.374 e. The molecule has 0 saturated heterocycles. The molecule has 0 amide bonds. The van der Waals surface area contributed by atoms with Gasteiger partial charge in [-0.05, 0) is 123 Å². The molecule has 0 fully saturated rings. The molecule has 0 saturated carbocycles. The highest BCUT2D eigenvalue weighted by Crippen LogP contribution is 2.37. The largest absolute Gasteiger partial charge is 0.508 e. The van der Waals surface area contributed by atoms with Crippen molar-refractivity contribution in [1.29, 1.82) is 0 Å². The highest BCUT2D eigenvalue weighted by Gasteiger charge is 2.45. The van der Waals surface area contributed by atoms with Crippen molar-refractivity contribution in [3.8, 4) is 46.0 Å². The van der Waals surface area contributed by atoms with Gasteiger partial charge in [0.1, 0.15) is 46.0 Å². The molecular weight excluding hydrogens is 528 g/mol. The second-order valence-electron chi connectivity index (χ2n) is 10.0. The lowest BCUT2D eigenvalue weighted by Gasteiger charge is -2.39. The summed E-state index contributed by atoms with van der Waals surface area (Å²) in [4.78, 5) is 0. The van der Waals surface area contributed by atoms with E-state index >= 15 is 0 Å². The summed E-state index contributed by atoms with van der Waals surface area (Å²) >= 11 is 0. The van der Waals surface area contributed by atoms with Gasteiger partial charge in [-0.3, -0.25) is 0 Å². The molecule has 0 heterocycles. The van der Waals surface area contributed by atoms with Crippen LogP contribution in [-0.2, 0) is 4.74 Å². The van der Waals surface area contributed by atoms with Crippen LogP contribution in [0.25, 0.3) is 0 Å². The van der Waals surface area contributed by atoms with Crippen LogP contribution in [-0.4, -0.2) is 32.4 Å². The Morgan fingerprint density at radius 1 is 0.415 bits per heavy atom. The highest BCUT2D eigenvalue weighted by atomic mass is 17.0. The molecule has 41 heavy (non-hydrogen) atoms. The van der Waals surface area contributed by atoms with Crippen molar-refractivity contribution in [2.45, 2.75) is 53.5 Å². The third kappa shape index (κ3) is 7.26. The van der Waals surface area contributed by atoms with Gasteiger partial charge in [0, 0.05) is 13.8 Å². The van der Waals surface area contributed by atoms with E-state index in [0.29, 0.717) is 45.3 Å². The number of phenolic OH excluding ortho intramolecular Hbond substituents is 4. The maximum Gasteiger partial charge on any atom is 0.374 e. The molecule has 0 atom stereocenters. The molecule has 0 radical (unpaired) electrons. The van der Waals surface area contributed by atoms with Crippen molar-refractivity contribution in [3.63, 3.8) is 0 Å². The maximum absolute atomic E-state index is 9.92. The zero-order chi connectivity index (χ0) is 29.9. The Morgan fingerprint density at radius 3 is 0.829 bits per heavy atom. The van der Waals surface area contributed by atoms with E-state index in [1.165, 1.54) is 62.4 Å². The predicted molar refractivity (Wildman–Crippen MR) is 152 cm³/mol. The van der Waals surface area contributed by atoms with Crippen molar-refractivity contribution in [2.75, 3.05) is 0 Å². The lowest BCUT2D eigenvalue weighted by Crippen LogP contribution is -2.54. The van der Waals surface area contributed by atoms with E-state index < -0.39 is 11.9 Å². The molecule has 216 valence electrons. The highest BCUT2D eigenvalue weighted by molar-refractivity contribution is 5.42. The van der Waals surface area contributed by atoms with Crippen molar-refractivity contribution in [1.82, 2.24) is 0 Å². The molecule has 0 aromatic heterocycles. The quantitative estimate of drug-likeness (QED) is 0.156. The Bertz CT molecular complexity index is 1320. The topological polar surface area (TPSA) is 127 Å². The van der Waals surface area contributed by atoms with Gasteiger partial charge in [-0.15, -0.1) is 0 Å². The fourth-order valence-corrected chi connectivity index (χ4v) is 4.25. The first-order valence-corrected chi connectivity index (χ1v) is 12.9. The third-order valence-corrected chi connectivity index (χ3v) is 6.19. The van der Waals surface area contributed by atoms with E-state index in [-0.39, 0.29) is 23.0 Å². The molecule has 9 nitrogen and oxygen atoms in total. The first-order valence-electron chi connectivity index (χ1n) is 12.9. The van der Waals surface area contributed by atoms with E-state index in [4.69, 9.17) is 23.7 Å². The molecule has 0 unspecified atom stereocenters. The first kappa shape index (κ1) is 29.2. The monoisotopic (exact) mass is 562 g/mol. The van der Waals surface area contributed by atoms with E-state index in [9.17, 15) is 20.4 Å². The number of benzene rings is 4. The minimum atomic E-state index is -1.91. The average Bonchev–Trinajstić information content (AvgIpc) is 2.86. The molecule has 9 heteroatoms. The Hall–Kier alpha value is -4.76. The Labute approximate surface area is 238 Å². The fourth-order valence-electron chi connectivity index (χ4n) is 4.25. The van der Waals surface area contributed by atoms with Crippen LogP contribution in [0.2, 0.25) is 0 Å². The molecule has 4 aromatic rings. The van der Waals surface area contributed by atoms with Crippen LogP contribution in [0.1, 0.15) is 36.1 Å². The fraction of sp³-hybridized carbons (Fsp3) is 0.250. The average molecular weight is 563 g/mol. The molecule has 0 spiro atoms. The van der Waals surface area contributed by atoms with Crippen LogP contribution in [0.3, 0.4) is 0 Å². The number of hydrogen-bond acceptors (Lipinski definition) is 9. The normalized spacial score (nSPS) is 11.7. The van der Waals surface area contributed by atoms with Crippen LogP contribution in [0.5, 0.6) is 46.0 Å². The molecule has 4 aromatic carbocycles. The van der Waals surface area contributed by atoms with Crippen molar-refractivity contribution >= 4 is 0 Å². The Kier molecular flexibility index (Phi) is 8.12. The van der Waals surface area contributed by atoms with Gasteiger partial charge in [0.2, 0.25) is 0 Å². The summed E-state index contributed by atoms with van der Waals surface area (Å²) in [7, 11) is 0. The van der Waals surface area contributed by atoms with E-state index in [0.717, 1.165) is 0 Å². The van der Waals surface area contributed by atoms with Gasteiger partial charge in [0.25, 0.3) is 0 Å². The van der Waals surface area contributed by atoms with Crippen LogP contribution in [0.15, 0.2) is 72.8 Å².